The van der Waals surface area contributed by atoms with Gasteiger partial charge < -0.3 is 4.90 Å². The predicted molar refractivity (Wildman–Crippen MR) is 360 cm³/mol. The van der Waals surface area contributed by atoms with Crippen molar-refractivity contribution in [2.24, 2.45) is 0 Å². The molecule has 1 aliphatic heterocycles. The Hall–Kier alpha value is -9.87. The van der Waals surface area contributed by atoms with Crippen molar-refractivity contribution in [3.05, 3.63) is 300 Å². The molecule has 7 heteroatoms. The smallest absolute Gasteiger partial charge is 0.0579 e. The van der Waals surface area contributed by atoms with Crippen LogP contribution in [0.1, 0.15) is 58.2 Å². The van der Waals surface area contributed by atoms with Crippen molar-refractivity contribution in [3.63, 3.8) is 0 Å². The zero-order chi connectivity index (χ0) is 60.3. The second-order valence-corrected chi connectivity index (χ2v) is 25.6. The molecule has 3 heterocycles. The first-order valence-electron chi connectivity index (χ1n) is 30.0. The van der Waals surface area contributed by atoms with Gasteiger partial charge in [0.2, 0.25) is 0 Å². The van der Waals surface area contributed by atoms with E-state index in [0.29, 0.717) is 11.5 Å². The Balaban J connectivity index is 0.955. The van der Waals surface area contributed by atoms with Crippen molar-refractivity contribution in [1.29, 1.82) is 0 Å². The predicted octanol–water partition coefficient (Wildman–Crippen LogP) is 21.8. The first kappa shape index (κ1) is 56.0. The molecule has 0 N–H and O–H groups in total. The van der Waals surface area contributed by atoms with Crippen LogP contribution in [0.2, 0.25) is 0 Å². The fourth-order valence-electron chi connectivity index (χ4n) is 12.4. The molecule has 0 amide bonds. The third-order valence-corrected chi connectivity index (χ3v) is 17.9. The van der Waals surface area contributed by atoms with E-state index in [1.165, 1.54) is 11.1 Å². The summed E-state index contributed by atoms with van der Waals surface area (Å²) in [4.78, 5) is 10.2. The van der Waals surface area contributed by atoms with Gasteiger partial charge in [-0.2, -0.15) is 0 Å². The van der Waals surface area contributed by atoms with E-state index in [1.807, 2.05) is 18.3 Å². The number of ether oxygens (including phenoxy) is 1. The minimum atomic E-state index is -0.0812. The van der Waals surface area contributed by atoms with Gasteiger partial charge in [0.25, 0.3) is 0 Å². The maximum atomic E-state index is 7.13. The molecule has 88 heavy (non-hydrogen) atoms. The number of benzene rings is 11. The molecule has 13 aromatic rings. The molecule has 2 aromatic heterocycles. The minimum absolute atomic E-state index is 0.0353. The van der Waals surface area contributed by atoms with Gasteiger partial charge in [0, 0.05) is 23.0 Å². The summed E-state index contributed by atoms with van der Waals surface area (Å²) in [6.07, 6.45) is 2.03. The Morgan fingerprint density at radius 2 is 0.898 bits per heavy atom. The Kier molecular flexibility index (Phi) is 14.5. The molecular formula is C81H65N5OPt-2. The fraction of sp³-hybridized carbons (Fsp3) is 0.111. The molecule has 0 fully saturated rings. The molecule has 432 valence electrons. The maximum absolute atomic E-state index is 7.13. The van der Waals surface area contributed by atoms with Gasteiger partial charge in [0.15, 0.2) is 0 Å². The summed E-state index contributed by atoms with van der Waals surface area (Å²) < 4.78 is 12.8. The van der Waals surface area contributed by atoms with E-state index in [4.69, 9.17) is 9.72 Å². The fourth-order valence-corrected chi connectivity index (χ4v) is 13.5. The molecule has 0 unspecified atom stereocenters. The third kappa shape index (κ3) is 10.3. The summed E-state index contributed by atoms with van der Waals surface area (Å²) in [6.45, 7) is 15.8. The van der Waals surface area contributed by atoms with Crippen molar-refractivity contribution in [2.45, 2.75) is 59.3 Å². The number of hydrogen-bond donors (Lipinski definition) is 0. The van der Waals surface area contributed by atoms with Crippen LogP contribution in [-0.2, 0) is 30.2 Å². The molecule has 1 aliphatic rings. The summed E-state index contributed by atoms with van der Waals surface area (Å²) in [5.41, 5.74) is 23.3. The number of pyridine rings is 1. The first-order chi connectivity index (χ1) is 42.8. The van der Waals surface area contributed by atoms with Crippen molar-refractivity contribution >= 4 is 45.3 Å². The van der Waals surface area contributed by atoms with Gasteiger partial charge in [-0.05, 0) is 64.3 Å². The molecule has 0 spiro atoms. The van der Waals surface area contributed by atoms with Crippen LogP contribution in [0.4, 0.5) is 34.3 Å². The van der Waals surface area contributed by atoms with Gasteiger partial charge >= 0.3 is 306 Å². The Morgan fingerprint density at radius 3 is 1.50 bits per heavy atom. The number of fused-ring (bicyclic) bond motifs is 7. The SMILES string of the molecule is Cc1cc(N2c3[c-]c(Oc4[c-]c(-n5[c](=[Pt])n(-c6c(-c7ccccc7)cccc6-c6ccccc6)c6ccccc65)ccc4)ccc3-c3ccccc3N(c3cccc(C(C)(C)C)c3)c3ccccc3-c3ccccc32)ncc1-c1ccc(C(C)(C)C)cc1. The number of aryl methyl sites for hydroxylation is 1. The average molecular weight is 1320 g/mol. The second-order valence-electron chi connectivity index (χ2n) is 24.6. The zero-order valence-corrected chi connectivity index (χ0v) is 52.6. The topological polar surface area (TPSA) is 38.5 Å². The van der Waals surface area contributed by atoms with Crippen LogP contribution < -0.4 is 14.5 Å². The zero-order valence-electron chi connectivity index (χ0n) is 50.4. The molecule has 0 saturated heterocycles. The van der Waals surface area contributed by atoms with E-state index in [9.17, 15) is 0 Å². The van der Waals surface area contributed by atoms with Gasteiger partial charge in [0.05, 0.1) is 5.69 Å². The normalized spacial score (nSPS) is 12.3. The number of para-hydroxylation sites is 6. The Bertz CT molecular complexity index is 4780. The summed E-state index contributed by atoms with van der Waals surface area (Å²) in [7, 11) is 0. The summed E-state index contributed by atoms with van der Waals surface area (Å²) in [5, 5.41) is 0. The van der Waals surface area contributed by atoms with E-state index in [1.54, 1.807) is 0 Å². The minimum Gasteiger partial charge on any atom is -0.0579 e. The molecule has 0 saturated carbocycles. The van der Waals surface area contributed by atoms with Gasteiger partial charge in [-0.25, -0.2) is 0 Å². The van der Waals surface area contributed by atoms with E-state index in [-0.39, 0.29) is 10.8 Å². The number of nitrogens with zero attached hydrogens (tertiary/aromatic N) is 5. The molecule has 0 aliphatic carbocycles. The van der Waals surface area contributed by atoms with Gasteiger partial charge in [-0.3, -0.25) is 0 Å². The van der Waals surface area contributed by atoms with E-state index < -0.39 is 0 Å². The second kappa shape index (κ2) is 22.8. The van der Waals surface area contributed by atoms with Crippen molar-refractivity contribution in [3.8, 4) is 78.5 Å². The van der Waals surface area contributed by atoms with E-state index in [0.717, 1.165) is 122 Å². The van der Waals surface area contributed by atoms with Crippen LogP contribution in [0, 0.1) is 22.9 Å². The molecule has 6 nitrogen and oxygen atoms in total. The molecule has 0 atom stereocenters. The van der Waals surface area contributed by atoms with Crippen LogP contribution >= 0.6 is 0 Å². The van der Waals surface area contributed by atoms with Crippen LogP contribution in [0.25, 0.3) is 78.0 Å². The molecule has 0 bridgehead atoms. The van der Waals surface area contributed by atoms with Crippen molar-refractivity contribution in [2.75, 3.05) is 9.80 Å². The quantitative estimate of drug-likeness (QED) is 0.135. The number of aromatic nitrogens is 3. The van der Waals surface area contributed by atoms with Crippen molar-refractivity contribution in [1.82, 2.24) is 14.1 Å². The molecule has 14 rings (SSSR count). The van der Waals surface area contributed by atoms with Gasteiger partial charge in [-0.1, -0.05) is 126 Å². The van der Waals surface area contributed by atoms with E-state index in [2.05, 4.69) is 348 Å². The first-order valence-corrected chi connectivity index (χ1v) is 31.2. The number of imidazole rings is 1. The standard InChI is InChI=1S/C81H65N5O.Pt/c1-55-49-78(82-53-71(55)58-43-45-59(46-44-58)80(2,3)4)86-74-40-19-16-34-68(74)67-33-14-17-38-72(67)85(62-31-22-29-60(50-62)81(5,6)7)73-39-18-15-35-69(73)70-48-47-64(52-77(70)86)87-63-32-23-30-61(51-63)83-54-84(76-42-21-20-41-75(76)83)79-65(56-25-10-8-11-26-56)36-24-37-66(79)57-27-12-9-13-28-57;/h8-50,53H,1-7H3;/q-2;. The van der Waals surface area contributed by atoms with Crippen LogP contribution in [0.15, 0.2) is 267 Å². The van der Waals surface area contributed by atoms with Crippen LogP contribution in [0.3, 0.4) is 0 Å². The summed E-state index contributed by atoms with van der Waals surface area (Å²) in [5.74, 6) is 1.82. The monoisotopic (exact) mass is 1320 g/mol. The van der Waals surface area contributed by atoms with E-state index >= 15 is 0 Å². The van der Waals surface area contributed by atoms with Crippen LogP contribution in [-0.4, -0.2) is 14.1 Å². The summed E-state index contributed by atoms with van der Waals surface area (Å²) >= 11 is 2.49. The number of hydrogen-bond acceptors (Lipinski definition) is 4. The molecule has 0 radical (unpaired) electrons. The Labute approximate surface area is 527 Å². The van der Waals surface area contributed by atoms with Gasteiger partial charge in [0.1, 0.15) is 0 Å². The van der Waals surface area contributed by atoms with Crippen LogP contribution in [0.5, 0.6) is 11.5 Å². The third-order valence-electron chi connectivity index (χ3n) is 16.8. The van der Waals surface area contributed by atoms with Crippen molar-refractivity contribution < 1.29 is 24.1 Å². The van der Waals surface area contributed by atoms with Gasteiger partial charge in [-0.15, -0.1) is 0 Å². The summed E-state index contributed by atoms with van der Waals surface area (Å²) in [6, 6.07) is 101. The number of rotatable bonds is 9. The molecule has 11 aromatic carbocycles. The Morgan fingerprint density at radius 1 is 0.398 bits per heavy atom. The molecular weight excluding hydrogens is 1250 g/mol. The average Bonchev–Trinajstić information content (AvgIpc) is 1.45. The number of anilines is 6.